The van der Waals surface area contributed by atoms with Crippen LogP contribution in [0.15, 0.2) is 53.6 Å². The molecule has 0 heterocycles. The van der Waals surface area contributed by atoms with Crippen LogP contribution in [0.5, 0.6) is 0 Å². The van der Waals surface area contributed by atoms with Crippen molar-refractivity contribution in [2.75, 3.05) is 0 Å². The van der Waals surface area contributed by atoms with Gasteiger partial charge >= 0.3 is 0 Å². The summed E-state index contributed by atoms with van der Waals surface area (Å²) < 4.78 is 0. The molecule has 0 aromatic heterocycles. The van der Waals surface area contributed by atoms with E-state index < -0.39 is 0 Å². The van der Waals surface area contributed by atoms with E-state index >= 15 is 0 Å². The van der Waals surface area contributed by atoms with Gasteiger partial charge in [0.1, 0.15) is 0 Å². The van der Waals surface area contributed by atoms with E-state index in [2.05, 4.69) is 77.1 Å². The summed E-state index contributed by atoms with van der Waals surface area (Å²) in [5, 5.41) is 11.2. The van der Waals surface area contributed by atoms with Crippen LogP contribution >= 0.6 is 0 Å². The minimum atomic E-state index is -0.160. The monoisotopic (exact) mass is 303 g/mol. The zero-order valence-electron chi connectivity index (χ0n) is 14.7. The summed E-state index contributed by atoms with van der Waals surface area (Å²) in [6.45, 7) is 10.7. The van der Waals surface area contributed by atoms with Crippen molar-refractivity contribution < 1.29 is 0 Å². The third kappa shape index (κ3) is 2.76. The molecule has 0 bridgehead atoms. The molecule has 1 nitrogen and oxygen atoms in total. The Morgan fingerprint density at radius 2 is 1.61 bits per heavy atom. The molecule has 2 aromatic carbocycles. The fourth-order valence-corrected chi connectivity index (χ4v) is 3.21. The molecule has 0 unspecified atom stereocenters. The van der Waals surface area contributed by atoms with Gasteiger partial charge in [0.25, 0.3) is 0 Å². The summed E-state index contributed by atoms with van der Waals surface area (Å²) in [4.78, 5) is 0. The maximum absolute atomic E-state index is 8.74. The van der Waals surface area contributed by atoms with E-state index in [-0.39, 0.29) is 5.41 Å². The third-order valence-electron chi connectivity index (χ3n) is 4.89. The lowest BCUT2D eigenvalue weighted by Crippen LogP contribution is -2.21. The van der Waals surface area contributed by atoms with E-state index in [9.17, 15) is 0 Å². The second-order valence-corrected chi connectivity index (χ2v) is 7.56. The summed E-state index contributed by atoms with van der Waals surface area (Å²) in [7, 11) is 0. The van der Waals surface area contributed by atoms with Crippen molar-refractivity contribution in [3.05, 3.63) is 64.7 Å². The summed E-state index contributed by atoms with van der Waals surface area (Å²) >= 11 is 0. The minimum absolute atomic E-state index is 0.160. The normalized spacial score (nSPS) is 15.3. The first kappa shape index (κ1) is 15.7. The van der Waals surface area contributed by atoms with Gasteiger partial charge in [-0.3, -0.25) is 0 Å². The first-order chi connectivity index (χ1) is 10.8. The fourth-order valence-electron chi connectivity index (χ4n) is 3.21. The highest BCUT2D eigenvalue weighted by Gasteiger charge is 2.24. The van der Waals surface area contributed by atoms with Crippen LogP contribution in [0.2, 0.25) is 0 Å². The van der Waals surface area contributed by atoms with Crippen molar-refractivity contribution in [2.45, 2.75) is 41.0 Å². The second kappa shape index (κ2) is 5.49. The third-order valence-corrected chi connectivity index (χ3v) is 4.89. The molecule has 0 saturated heterocycles. The molecule has 1 N–H and O–H groups in total. The Hall–Kier alpha value is -2.15. The van der Waals surface area contributed by atoms with Gasteiger partial charge in [-0.15, -0.1) is 0 Å². The Kier molecular flexibility index (Phi) is 3.75. The zero-order valence-corrected chi connectivity index (χ0v) is 14.7. The number of hydrogen-bond donors (Lipinski definition) is 1. The van der Waals surface area contributed by atoms with Crippen molar-refractivity contribution in [3.8, 4) is 0 Å². The molecule has 0 spiro atoms. The maximum Gasteiger partial charge on any atom is 0.0445 e. The number of nitrogens with one attached hydrogen (secondary N) is 1. The molecule has 0 radical (unpaired) electrons. The predicted molar refractivity (Wildman–Crippen MR) is 101 cm³/mol. The van der Waals surface area contributed by atoms with Gasteiger partial charge < -0.3 is 5.41 Å². The molecule has 2 aromatic rings. The standard InChI is InChI=1S/C22H25N/c1-14-10-11-18(15(14)2)19-12-16-8-6-7-9-17(16)13-20(19)21(23)22(3,4)5/h6-10,12-13,23H,11H2,1-5H3. The molecule has 0 aliphatic heterocycles. The Morgan fingerprint density at radius 3 is 2.13 bits per heavy atom. The lowest BCUT2D eigenvalue weighted by molar-refractivity contribution is 0.588. The highest BCUT2D eigenvalue weighted by molar-refractivity contribution is 6.09. The average molecular weight is 303 g/mol. The molecule has 3 rings (SSSR count). The van der Waals surface area contributed by atoms with Crippen molar-refractivity contribution >= 4 is 22.1 Å². The van der Waals surface area contributed by atoms with Gasteiger partial charge in [0.05, 0.1) is 0 Å². The topological polar surface area (TPSA) is 23.9 Å². The Morgan fingerprint density at radius 1 is 1.00 bits per heavy atom. The van der Waals surface area contributed by atoms with Crippen molar-refractivity contribution in [1.29, 1.82) is 5.41 Å². The van der Waals surface area contributed by atoms with Gasteiger partial charge in [-0.05, 0) is 59.9 Å². The number of benzene rings is 2. The molecule has 0 amide bonds. The van der Waals surface area contributed by atoms with Gasteiger partial charge in [-0.25, -0.2) is 0 Å². The molecule has 1 aliphatic rings. The number of fused-ring (bicyclic) bond motifs is 1. The second-order valence-electron chi connectivity index (χ2n) is 7.56. The summed E-state index contributed by atoms with van der Waals surface area (Å²) in [6, 6.07) is 12.9. The molecule has 118 valence electrons. The van der Waals surface area contributed by atoms with Crippen LogP contribution in [-0.4, -0.2) is 5.71 Å². The van der Waals surface area contributed by atoms with Crippen LogP contribution in [0.4, 0.5) is 0 Å². The molecule has 1 heteroatoms. The Bertz CT molecular complexity index is 857. The van der Waals surface area contributed by atoms with Crippen LogP contribution in [0.3, 0.4) is 0 Å². The van der Waals surface area contributed by atoms with E-state index in [1.807, 2.05) is 0 Å². The lowest BCUT2D eigenvalue weighted by Gasteiger charge is -2.24. The van der Waals surface area contributed by atoms with Gasteiger partial charge in [0, 0.05) is 16.7 Å². The molecular formula is C22H25N. The predicted octanol–water partition coefficient (Wildman–Crippen LogP) is 6.38. The van der Waals surface area contributed by atoms with Crippen molar-refractivity contribution in [3.63, 3.8) is 0 Å². The SMILES string of the molecule is CC1=CCC(c2cc3ccccc3cc2C(=N)C(C)(C)C)=C1C. The van der Waals surface area contributed by atoms with Gasteiger partial charge in [-0.2, -0.15) is 0 Å². The van der Waals surface area contributed by atoms with Gasteiger partial charge in [0.2, 0.25) is 0 Å². The zero-order chi connectivity index (χ0) is 16.8. The van der Waals surface area contributed by atoms with Crippen LogP contribution in [0, 0.1) is 10.8 Å². The number of hydrogen-bond acceptors (Lipinski definition) is 1. The lowest BCUT2D eigenvalue weighted by atomic mass is 9.81. The summed E-state index contributed by atoms with van der Waals surface area (Å²) in [6.07, 6.45) is 3.27. The van der Waals surface area contributed by atoms with Crippen LogP contribution < -0.4 is 0 Å². The van der Waals surface area contributed by atoms with Crippen LogP contribution in [0.25, 0.3) is 16.3 Å². The Balaban J connectivity index is 2.29. The molecular weight excluding hydrogens is 278 g/mol. The molecule has 0 atom stereocenters. The highest BCUT2D eigenvalue weighted by Crippen LogP contribution is 2.38. The number of rotatable bonds is 2. The van der Waals surface area contributed by atoms with Crippen LogP contribution in [-0.2, 0) is 0 Å². The molecule has 0 fully saturated rings. The van der Waals surface area contributed by atoms with Gasteiger partial charge in [-0.1, -0.05) is 56.7 Å². The first-order valence-electron chi connectivity index (χ1n) is 8.28. The summed E-state index contributed by atoms with van der Waals surface area (Å²) in [5.41, 5.74) is 6.96. The summed E-state index contributed by atoms with van der Waals surface area (Å²) in [5.74, 6) is 0. The number of allylic oxidation sites excluding steroid dienone is 4. The van der Waals surface area contributed by atoms with Crippen molar-refractivity contribution in [1.82, 2.24) is 0 Å². The maximum atomic E-state index is 8.74. The van der Waals surface area contributed by atoms with E-state index in [1.54, 1.807) is 0 Å². The first-order valence-corrected chi connectivity index (χ1v) is 8.28. The van der Waals surface area contributed by atoms with E-state index in [4.69, 9.17) is 5.41 Å². The van der Waals surface area contributed by atoms with E-state index in [1.165, 1.54) is 33.1 Å². The molecule has 0 saturated carbocycles. The smallest absolute Gasteiger partial charge is 0.0445 e. The van der Waals surface area contributed by atoms with Gasteiger partial charge in [0.15, 0.2) is 0 Å². The molecule has 1 aliphatic carbocycles. The minimum Gasteiger partial charge on any atom is -0.304 e. The van der Waals surface area contributed by atoms with E-state index in [0.29, 0.717) is 5.71 Å². The quantitative estimate of drug-likeness (QED) is 0.623. The Labute approximate surface area is 139 Å². The fraction of sp³-hybridized carbons (Fsp3) is 0.318. The van der Waals surface area contributed by atoms with Crippen LogP contribution in [0.1, 0.15) is 52.2 Å². The van der Waals surface area contributed by atoms with E-state index in [0.717, 1.165) is 12.0 Å². The van der Waals surface area contributed by atoms with Crippen molar-refractivity contribution in [2.24, 2.45) is 5.41 Å². The average Bonchev–Trinajstić information content (AvgIpc) is 2.84. The molecule has 23 heavy (non-hydrogen) atoms. The largest absolute Gasteiger partial charge is 0.304 e. The highest BCUT2D eigenvalue weighted by atomic mass is 14.5.